The van der Waals surface area contributed by atoms with Crippen molar-refractivity contribution in [3.05, 3.63) is 29.8 Å². The van der Waals surface area contributed by atoms with E-state index in [-0.39, 0.29) is 12.1 Å². The van der Waals surface area contributed by atoms with E-state index < -0.39 is 0 Å². The fourth-order valence-electron chi connectivity index (χ4n) is 2.18. The molecule has 4 nitrogen and oxygen atoms in total. The standard InChI is InChI=1S/C13H20N2O2/c1-14-13(12-9-15-7-8-17-12)10-3-5-11(16-2)6-4-10/h3-6,12-15H,7-9H2,1-2H3. The van der Waals surface area contributed by atoms with E-state index in [4.69, 9.17) is 9.47 Å². The van der Waals surface area contributed by atoms with E-state index >= 15 is 0 Å². The third-order valence-electron chi connectivity index (χ3n) is 3.11. The molecule has 94 valence electrons. The van der Waals surface area contributed by atoms with Crippen molar-refractivity contribution in [2.75, 3.05) is 33.9 Å². The van der Waals surface area contributed by atoms with Crippen molar-refractivity contribution in [3.8, 4) is 5.75 Å². The number of benzene rings is 1. The second-order valence-corrected chi connectivity index (χ2v) is 4.15. The molecule has 2 unspecified atom stereocenters. The Kier molecular flexibility index (Phi) is 4.36. The smallest absolute Gasteiger partial charge is 0.118 e. The number of hydrogen-bond donors (Lipinski definition) is 2. The van der Waals surface area contributed by atoms with Gasteiger partial charge in [-0.15, -0.1) is 0 Å². The summed E-state index contributed by atoms with van der Waals surface area (Å²) in [4.78, 5) is 0. The highest BCUT2D eigenvalue weighted by Crippen LogP contribution is 2.22. The molecule has 2 N–H and O–H groups in total. The Hall–Kier alpha value is -1.10. The lowest BCUT2D eigenvalue weighted by Gasteiger charge is -2.31. The molecule has 2 atom stereocenters. The molecule has 0 aromatic heterocycles. The van der Waals surface area contributed by atoms with Gasteiger partial charge in [-0.2, -0.15) is 0 Å². The third-order valence-corrected chi connectivity index (χ3v) is 3.11. The number of rotatable bonds is 4. The molecule has 1 aromatic carbocycles. The maximum Gasteiger partial charge on any atom is 0.118 e. The highest BCUT2D eigenvalue weighted by atomic mass is 16.5. The number of ether oxygens (including phenoxy) is 2. The molecule has 1 heterocycles. The zero-order chi connectivity index (χ0) is 12.1. The molecule has 1 saturated heterocycles. The number of likely N-dealkylation sites (N-methyl/N-ethyl adjacent to an activating group) is 1. The molecule has 0 spiro atoms. The quantitative estimate of drug-likeness (QED) is 0.816. The van der Waals surface area contributed by atoms with Crippen LogP contribution in [0.1, 0.15) is 11.6 Å². The molecule has 1 aromatic rings. The Morgan fingerprint density at radius 3 is 2.71 bits per heavy atom. The summed E-state index contributed by atoms with van der Waals surface area (Å²) in [6, 6.07) is 8.34. The Balaban J connectivity index is 2.10. The van der Waals surface area contributed by atoms with Crippen LogP contribution in [-0.2, 0) is 4.74 Å². The van der Waals surface area contributed by atoms with Crippen LogP contribution < -0.4 is 15.4 Å². The Morgan fingerprint density at radius 1 is 1.41 bits per heavy atom. The van der Waals surface area contributed by atoms with Gasteiger partial charge in [0, 0.05) is 13.1 Å². The summed E-state index contributed by atoms with van der Waals surface area (Å²) in [6.45, 7) is 2.60. The minimum absolute atomic E-state index is 0.183. The number of methoxy groups -OCH3 is 1. The van der Waals surface area contributed by atoms with Gasteiger partial charge in [-0.25, -0.2) is 0 Å². The van der Waals surface area contributed by atoms with Crippen LogP contribution in [0.3, 0.4) is 0 Å². The van der Waals surface area contributed by atoms with E-state index in [1.165, 1.54) is 5.56 Å². The van der Waals surface area contributed by atoms with Crippen LogP contribution in [0.2, 0.25) is 0 Å². The molecule has 1 aliphatic heterocycles. The monoisotopic (exact) mass is 236 g/mol. The van der Waals surface area contributed by atoms with E-state index in [2.05, 4.69) is 22.8 Å². The molecule has 2 rings (SSSR count). The van der Waals surface area contributed by atoms with Crippen molar-refractivity contribution in [3.63, 3.8) is 0 Å². The minimum atomic E-state index is 0.183. The van der Waals surface area contributed by atoms with Gasteiger partial charge in [0.05, 0.1) is 25.9 Å². The Labute approximate surface area is 102 Å². The average molecular weight is 236 g/mol. The molecule has 1 fully saturated rings. The maximum absolute atomic E-state index is 5.79. The van der Waals surface area contributed by atoms with Crippen LogP contribution in [0.4, 0.5) is 0 Å². The minimum Gasteiger partial charge on any atom is -0.497 e. The molecule has 17 heavy (non-hydrogen) atoms. The summed E-state index contributed by atoms with van der Waals surface area (Å²) < 4.78 is 10.9. The van der Waals surface area contributed by atoms with E-state index in [1.807, 2.05) is 19.2 Å². The van der Waals surface area contributed by atoms with E-state index in [0.29, 0.717) is 0 Å². The number of morpholine rings is 1. The first-order valence-electron chi connectivity index (χ1n) is 5.98. The van der Waals surface area contributed by atoms with Gasteiger partial charge in [-0.3, -0.25) is 0 Å². The van der Waals surface area contributed by atoms with Crippen molar-refractivity contribution in [1.29, 1.82) is 0 Å². The highest BCUT2D eigenvalue weighted by molar-refractivity contribution is 5.29. The molecular formula is C13H20N2O2. The van der Waals surface area contributed by atoms with Crippen LogP contribution in [0, 0.1) is 0 Å². The van der Waals surface area contributed by atoms with E-state index in [1.54, 1.807) is 7.11 Å². The molecule has 0 bridgehead atoms. The van der Waals surface area contributed by atoms with Crippen molar-refractivity contribution in [2.24, 2.45) is 0 Å². The number of nitrogens with one attached hydrogen (secondary N) is 2. The molecule has 0 radical (unpaired) electrons. The summed E-state index contributed by atoms with van der Waals surface area (Å²) in [5, 5.41) is 6.67. The lowest BCUT2D eigenvalue weighted by molar-refractivity contribution is 0.00537. The summed E-state index contributed by atoms with van der Waals surface area (Å²) in [5.74, 6) is 0.881. The largest absolute Gasteiger partial charge is 0.497 e. The van der Waals surface area contributed by atoms with Crippen molar-refractivity contribution in [2.45, 2.75) is 12.1 Å². The van der Waals surface area contributed by atoms with E-state index in [9.17, 15) is 0 Å². The zero-order valence-corrected chi connectivity index (χ0v) is 10.4. The Bertz CT molecular complexity index is 334. The van der Waals surface area contributed by atoms with Gasteiger partial charge in [0.15, 0.2) is 0 Å². The highest BCUT2D eigenvalue weighted by Gasteiger charge is 2.24. The van der Waals surface area contributed by atoms with Gasteiger partial charge in [-0.05, 0) is 24.7 Å². The first-order valence-corrected chi connectivity index (χ1v) is 5.98. The summed E-state index contributed by atoms with van der Waals surface area (Å²) in [6.07, 6.45) is 0.183. The third kappa shape index (κ3) is 2.97. The molecule has 0 amide bonds. The average Bonchev–Trinajstić information content (AvgIpc) is 2.42. The van der Waals surface area contributed by atoms with E-state index in [0.717, 1.165) is 25.4 Å². The zero-order valence-electron chi connectivity index (χ0n) is 10.4. The first-order chi connectivity index (χ1) is 8.35. The van der Waals surface area contributed by atoms with Crippen LogP contribution in [0.25, 0.3) is 0 Å². The van der Waals surface area contributed by atoms with Crippen LogP contribution in [-0.4, -0.2) is 40.0 Å². The molecule has 0 aliphatic carbocycles. The SMILES string of the molecule is CNC(c1ccc(OC)cc1)C1CNCCO1. The molecular weight excluding hydrogens is 216 g/mol. The molecule has 1 aliphatic rings. The normalized spacial score (nSPS) is 22.1. The fourth-order valence-corrected chi connectivity index (χ4v) is 2.18. The predicted octanol–water partition coefficient (Wildman–Crippen LogP) is 0.944. The lowest BCUT2D eigenvalue weighted by Crippen LogP contribution is -2.45. The van der Waals surface area contributed by atoms with Crippen molar-refractivity contribution < 1.29 is 9.47 Å². The van der Waals surface area contributed by atoms with Crippen molar-refractivity contribution in [1.82, 2.24) is 10.6 Å². The predicted molar refractivity (Wildman–Crippen MR) is 67.4 cm³/mol. The molecule has 4 heteroatoms. The topological polar surface area (TPSA) is 42.5 Å². The van der Waals surface area contributed by atoms with Gasteiger partial charge in [-0.1, -0.05) is 12.1 Å². The van der Waals surface area contributed by atoms with Gasteiger partial charge in [0.2, 0.25) is 0 Å². The summed E-state index contributed by atoms with van der Waals surface area (Å²) >= 11 is 0. The lowest BCUT2D eigenvalue weighted by atomic mass is 10.0. The summed E-state index contributed by atoms with van der Waals surface area (Å²) in [5.41, 5.74) is 1.22. The van der Waals surface area contributed by atoms with Gasteiger partial charge in [0.25, 0.3) is 0 Å². The second-order valence-electron chi connectivity index (χ2n) is 4.15. The maximum atomic E-state index is 5.79. The van der Waals surface area contributed by atoms with Crippen LogP contribution in [0.5, 0.6) is 5.75 Å². The number of hydrogen-bond acceptors (Lipinski definition) is 4. The first kappa shape index (κ1) is 12.4. The van der Waals surface area contributed by atoms with Gasteiger partial charge >= 0.3 is 0 Å². The van der Waals surface area contributed by atoms with Gasteiger partial charge < -0.3 is 20.1 Å². The van der Waals surface area contributed by atoms with Crippen LogP contribution >= 0.6 is 0 Å². The Morgan fingerprint density at radius 2 is 2.18 bits per heavy atom. The fraction of sp³-hybridized carbons (Fsp3) is 0.538. The second kappa shape index (κ2) is 6.00. The summed E-state index contributed by atoms with van der Waals surface area (Å²) in [7, 11) is 3.64. The van der Waals surface area contributed by atoms with Crippen LogP contribution in [0.15, 0.2) is 24.3 Å². The van der Waals surface area contributed by atoms with Crippen molar-refractivity contribution >= 4 is 0 Å². The van der Waals surface area contributed by atoms with Gasteiger partial charge in [0.1, 0.15) is 5.75 Å². The molecule has 0 saturated carbocycles.